The monoisotopic (exact) mass is 131 g/mol. The number of aromatic nitrogens is 1. The van der Waals surface area contributed by atoms with Crippen LogP contribution in [-0.4, -0.2) is 12.3 Å². The third-order valence-corrected chi connectivity index (χ3v) is 0.922. The molecule has 1 rings (SSSR count). The van der Waals surface area contributed by atoms with Crippen molar-refractivity contribution >= 4 is 12.2 Å². The van der Waals surface area contributed by atoms with Crippen molar-refractivity contribution in [1.29, 1.82) is 0 Å². The molecule has 1 heterocycles. The Kier molecular flexibility index (Phi) is 1.34. The quantitative estimate of drug-likeness (QED) is 0.584. The summed E-state index contributed by atoms with van der Waals surface area (Å²) in [6, 6.07) is 1.59. The first-order chi connectivity index (χ1) is 3.83. The van der Waals surface area contributed by atoms with Crippen LogP contribution in [0.3, 0.4) is 0 Å². The lowest BCUT2D eigenvalue weighted by molar-refractivity contribution is 0.335. The fraction of sp³-hybridized carbons (Fsp3) is 0.250. The minimum Gasteiger partial charge on any atom is -0.480 e. The molecule has 44 valence electrons. The molecule has 0 aliphatic carbocycles. The van der Waals surface area contributed by atoms with Gasteiger partial charge < -0.3 is 9.26 Å². The molecule has 0 saturated heterocycles. The number of aromatic amines is 1. The molecule has 0 aromatic carbocycles. The summed E-state index contributed by atoms with van der Waals surface area (Å²) in [5.41, 5.74) is 0. The van der Waals surface area contributed by atoms with Crippen molar-refractivity contribution in [2.75, 3.05) is 7.11 Å². The van der Waals surface area contributed by atoms with E-state index in [-0.39, 0.29) is 0 Å². The maximum Gasteiger partial charge on any atom is 0.224 e. The lowest BCUT2D eigenvalue weighted by Gasteiger charge is -1.85. The number of ether oxygens (including phenoxy) is 1. The van der Waals surface area contributed by atoms with E-state index in [4.69, 9.17) is 4.74 Å². The Hall–Kier alpha value is -0.770. The fourth-order valence-corrected chi connectivity index (χ4v) is 0.516. The molecule has 0 saturated carbocycles. The molecule has 0 atom stereocenters. The Morgan fingerprint density at radius 2 is 2.62 bits per heavy atom. The van der Waals surface area contributed by atoms with Gasteiger partial charge in [-0.3, -0.25) is 0 Å². The first-order valence-electron chi connectivity index (χ1n) is 2.05. The maximum atomic E-state index is 4.72. The zero-order valence-corrected chi connectivity index (χ0v) is 5.12. The van der Waals surface area contributed by atoms with Crippen LogP contribution >= 0.6 is 12.2 Å². The van der Waals surface area contributed by atoms with Crippen molar-refractivity contribution in [2.45, 2.75) is 0 Å². The van der Waals surface area contributed by atoms with Crippen LogP contribution in [0.2, 0.25) is 0 Å². The second-order valence-electron chi connectivity index (χ2n) is 1.24. The summed E-state index contributed by atoms with van der Waals surface area (Å²) in [5, 5.41) is 2.45. The van der Waals surface area contributed by atoms with Crippen LogP contribution in [0.25, 0.3) is 0 Å². The Labute approximate surface area is 51.2 Å². The van der Waals surface area contributed by atoms with Crippen molar-refractivity contribution in [3.05, 3.63) is 10.8 Å². The molecule has 0 radical (unpaired) electrons. The molecule has 0 aliphatic rings. The van der Waals surface area contributed by atoms with E-state index in [0.29, 0.717) is 10.6 Å². The zero-order valence-electron chi connectivity index (χ0n) is 4.30. The van der Waals surface area contributed by atoms with Gasteiger partial charge in [0, 0.05) is 0 Å². The second-order valence-corrected chi connectivity index (χ2v) is 1.64. The van der Waals surface area contributed by atoms with E-state index in [2.05, 4.69) is 21.9 Å². The molecule has 0 aliphatic heterocycles. The molecule has 0 spiro atoms. The Bertz CT molecular complexity index is 214. The van der Waals surface area contributed by atoms with Crippen LogP contribution in [0.15, 0.2) is 10.6 Å². The molecule has 4 heteroatoms. The normalized spacial score (nSPS) is 9.12. The molecule has 1 aromatic rings. The molecule has 0 bridgehead atoms. The van der Waals surface area contributed by atoms with Crippen molar-refractivity contribution in [3.8, 4) is 5.88 Å². The SMILES string of the molecule is COc1cc(=S)o[nH]1. The summed E-state index contributed by atoms with van der Waals surface area (Å²) in [7, 11) is 1.54. The third-order valence-electron chi connectivity index (χ3n) is 0.721. The number of hydrogen-bond donors (Lipinski definition) is 1. The van der Waals surface area contributed by atoms with Gasteiger partial charge in [-0.1, -0.05) is 0 Å². The molecule has 0 unspecified atom stereocenters. The van der Waals surface area contributed by atoms with Crippen molar-refractivity contribution < 1.29 is 9.26 Å². The molecule has 1 N–H and O–H groups in total. The minimum atomic E-state index is 0.404. The van der Waals surface area contributed by atoms with Crippen molar-refractivity contribution in [1.82, 2.24) is 5.16 Å². The number of methoxy groups -OCH3 is 1. The molecule has 0 fully saturated rings. The van der Waals surface area contributed by atoms with Crippen LogP contribution in [0.5, 0.6) is 5.88 Å². The van der Waals surface area contributed by atoms with Crippen LogP contribution < -0.4 is 4.74 Å². The molecule has 0 amide bonds. The minimum absolute atomic E-state index is 0.404. The number of rotatable bonds is 1. The predicted octanol–water partition coefficient (Wildman–Crippen LogP) is 1.35. The van der Waals surface area contributed by atoms with Gasteiger partial charge in [0.1, 0.15) is 0 Å². The topological polar surface area (TPSA) is 38.2 Å². The van der Waals surface area contributed by atoms with Gasteiger partial charge in [-0.05, 0) is 12.2 Å². The number of H-pyrrole nitrogens is 1. The largest absolute Gasteiger partial charge is 0.480 e. The van der Waals surface area contributed by atoms with Gasteiger partial charge in [-0.15, -0.1) is 0 Å². The predicted molar refractivity (Wildman–Crippen MR) is 30.4 cm³/mol. The lowest BCUT2D eigenvalue weighted by Crippen LogP contribution is -1.78. The van der Waals surface area contributed by atoms with Gasteiger partial charge in [0.15, 0.2) is 0 Å². The van der Waals surface area contributed by atoms with Gasteiger partial charge in [0.05, 0.1) is 13.2 Å². The lowest BCUT2D eigenvalue weighted by atomic mass is 10.7. The average molecular weight is 131 g/mol. The molecule has 1 aromatic heterocycles. The number of nitrogens with one attached hydrogen (secondary N) is 1. The van der Waals surface area contributed by atoms with E-state index < -0.39 is 0 Å². The fourth-order valence-electron chi connectivity index (χ4n) is 0.367. The smallest absolute Gasteiger partial charge is 0.224 e. The summed E-state index contributed by atoms with van der Waals surface area (Å²) in [4.78, 5) is 0. The van der Waals surface area contributed by atoms with E-state index in [1.165, 1.54) is 7.11 Å². The van der Waals surface area contributed by atoms with E-state index in [1.807, 2.05) is 0 Å². The van der Waals surface area contributed by atoms with Crippen molar-refractivity contribution in [2.24, 2.45) is 0 Å². The van der Waals surface area contributed by atoms with Gasteiger partial charge in [-0.25, -0.2) is 0 Å². The van der Waals surface area contributed by atoms with E-state index >= 15 is 0 Å². The van der Waals surface area contributed by atoms with Crippen LogP contribution in [0.1, 0.15) is 0 Å². The molecule has 8 heavy (non-hydrogen) atoms. The number of hydrogen-bond acceptors (Lipinski definition) is 3. The van der Waals surface area contributed by atoms with Gasteiger partial charge in [0.25, 0.3) is 0 Å². The highest BCUT2D eigenvalue weighted by Gasteiger charge is 1.89. The molecular formula is C4H5NO2S. The average Bonchev–Trinajstić information content (AvgIpc) is 2.14. The summed E-state index contributed by atoms with van der Waals surface area (Å²) in [5.74, 6) is 0.551. The molecular weight excluding hydrogens is 126 g/mol. The van der Waals surface area contributed by atoms with Crippen LogP contribution in [0.4, 0.5) is 0 Å². The maximum absolute atomic E-state index is 4.72. The Morgan fingerprint density at radius 3 is 2.88 bits per heavy atom. The standard InChI is InChI=1S/C4H5NO2S/c1-6-3-2-4(8)7-5-3/h2,5H,1H3. The van der Waals surface area contributed by atoms with Crippen LogP contribution in [-0.2, 0) is 0 Å². The van der Waals surface area contributed by atoms with Gasteiger partial charge in [-0.2, -0.15) is 5.16 Å². The third kappa shape index (κ3) is 0.894. The molecule has 3 nitrogen and oxygen atoms in total. The van der Waals surface area contributed by atoms with Gasteiger partial charge >= 0.3 is 0 Å². The Balaban J connectivity index is 3.01. The summed E-state index contributed by atoms with van der Waals surface area (Å²) >= 11 is 4.62. The second kappa shape index (κ2) is 2.00. The first kappa shape index (κ1) is 5.37. The summed E-state index contributed by atoms with van der Waals surface area (Å²) in [6.07, 6.45) is 0. The van der Waals surface area contributed by atoms with E-state index in [0.717, 1.165) is 0 Å². The first-order valence-corrected chi connectivity index (χ1v) is 2.46. The van der Waals surface area contributed by atoms with Crippen LogP contribution in [0, 0.1) is 4.71 Å². The summed E-state index contributed by atoms with van der Waals surface area (Å²) < 4.78 is 9.74. The van der Waals surface area contributed by atoms with Gasteiger partial charge in [0.2, 0.25) is 10.6 Å². The zero-order chi connectivity index (χ0) is 5.98. The highest BCUT2D eigenvalue weighted by atomic mass is 32.1. The Morgan fingerprint density at radius 1 is 1.88 bits per heavy atom. The highest BCUT2D eigenvalue weighted by molar-refractivity contribution is 7.71. The van der Waals surface area contributed by atoms with E-state index in [1.54, 1.807) is 6.07 Å². The summed E-state index contributed by atoms with van der Waals surface area (Å²) in [6.45, 7) is 0. The van der Waals surface area contributed by atoms with E-state index in [9.17, 15) is 0 Å². The van der Waals surface area contributed by atoms with Crippen molar-refractivity contribution in [3.63, 3.8) is 0 Å². The highest BCUT2D eigenvalue weighted by Crippen LogP contribution is 2.04.